The molecule has 1 aliphatic rings. The Kier molecular flexibility index (Phi) is 11.9. The topological polar surface area (TPSA) is 34.6 Å². The number of benzene rings is 7. The van der Waals surface area contributed by atoms with E-state index in [4.69, 9.17) is 14.5 Å². The molecule has 0 N–H and O–H groups in total. The molecule has 0 saturated carbocycles. The third kappa shape index (κ3) is 9.27. The van der Waals surface area contributed by atoms with E-state index >= 15 is 0 Å². The number of hydrogen-bond acceptors (Lipinski definition) is 5. The second-order valence-corrected chi connectivity index (χ2v) is 18.2. The fourth-order valence-electron chi connectivity index (χ4n) is 7.28. The minimum atomic E-state index is -0.0555. The van der Waals surface area contributed by atoms with Gasteiger partial charge in [0.15, 0.2) is 0 Å². The molecule has 304 valence electrons. The maximum absolute atomic E-state index is 6.43. The van der Waals surface area contributed by atoms with Gasteiger partial charge in [-0.25, -0.2) is 0 Å². The zero-order valence-corrected chi connectivity index (χ0v) is 38.0. The van der Waals surface area contributed by atoms with Crippen LogP contribution in [0.5, 0.6) is 23.0 Å². The summed E-state index contributed by atoms with van der Waals surface area (Å²) in [4.78, 5) is 10.1. The molecule has 9 rings (SSSR count). The van der Waals surface area contributed by atoms with E-state index in [1.165, 1.54) is 20.9 Å². The monoisotopic (exact) mass is 994 g/mol. The molecule has 0 unspecified atom stereocenters. The number of nitrogens with zero attached hydrogens (tertiary/aromatic N) is 2. The Morgan fingerprint density at radius 3 is 1.74 bits per heavy atom. The summed E-state index contributed by atoms with van der Waals surface area (Å²) in [6, 6.07) is 66.4. The molecule has 0 bridgehead atoms. The average Bonchev–Trinajstić information content (AvgIpc) is 3.25. The van der Waals surface area contributed by atoms with Gasteiger partial charge in [-0.2, -0.15) is 18.2 Å². The van der Waals surface area contributed by atoms with Gasteiger partial charge in [0, 0.05) is 21.3 Å². The standard InChI is InChI=1S/C55H45N2O2S.Au/c1-54(2,3)41-29-38(30-42(35-41)55(4,5)6)39-33-48(37-25-27-43(28-26-37)57-50-21-13-15-23-52(50)60-53-24-16-14-22-51(53)57)56-49(34-39)40-31-46(58-44-17-9-7-10-18-44)36-47(32-40)59-45-19-11-8-12-20-45;/h7-19,21-25,27-31,33-36H,1-6H3;/q-3;+3. The summed E-state index contributed by atoms with van der Waals surface area (Å²) in [5.41, 5.74) is 11.1. The normalized spacial score (nSPS) is 12.2. The van der Waals surface area contributed by atoms with Crippen molar-refractivity contribution < 1.29 is 31.9 Å². The predicted octanol–water partition coefficient (Wildman–Crippen LogP) is 15.6. The summed E-state index contributed by atoms with van der Waals surface area (Å²) in [6.07, 6.45) is 0. The minimum absolute atomic E-state index is 0. The van der Waals surface area contributed by atoms with Crippen molar-refractivity contribution in [3.05, 3.63) is 193 Å². The first-order chi connectivity index (χ1) is 28.9. The summed E-state index contributed by atoms with van der Waals surface area (Å²) in [5.74, 6) is 2.40. The van der Waals surface area contributed by atoms with E-state index in [-0.39, 0.29) is 33.2 Å². The van der Waals surface area contributed by atoms with E-state index in [2.05, 4.69) is 162 Å². The minimum Gasteiger partial charge on any atom is -0.503 e. The summed E-state index contributed by atoms with van der Waals surface area (Å²) < 4.78 is 12.8. The van der Waals surface area contributed by atoms with E-state index in [1.54, 1.807) is 11.8 Å². The van der Waals surface area contributed by atoms with Crippen molar-refractivity contribution in [2.24, 2.45) is 0 Å². The van der Waals surface area contributed by atoms with Gasteiger partial charge in [-0.15, -0.1) is 53.6 Å². The summed E-state index contributed by atoms with van der Waals surface area (Å²) in [7, 11) is 0. The number of pyridine rings is 1. The summed E-state index contributed by atoms with van der Waals surface area (Å²) in [6.45, 7) is 13.6. The van der Waals surface area contributed by atoms with Crippen LogP contribution in [-0.4, -0.2) is 4.98 Å². The summed E-state index contributed by atoms with van der Waals surface area (Å²) in [5, 5.41) is 0. The zero-order valence-electron chi connectivity index (χ0n) is 35.0. The van der Waals surface area contributed by atoms with Crippen LogP contribution in [0.4, 0.5) is 17.1 Å². The Labute approximate surface area is 380 Å². The van der Waals surface area contributed by atoms with Gasteiger partial charge in [0.2, 0.25) is 0 Å². The number of anilines is 3. The first kappa shape index (κ1) is 41.9. The molecule has 0 atom stereocenters. The molecule has 0 spiro atoms. The molecular formula is C55H45AuN2O2S. The first-order valence-corrected chi connectivity index (χ1v) is 21.1. The molecule has 61 heavy (non-hydrogen) atoms. The van der Waals surface area contributed by atoms with Gasteiger partial charge in [0.1, 0.15) is 5.75 Å². The van der Waals surface area contributed by atoms with Crippen LogP contribution < -0.4 is 14.4 Å². The van der Waals surface area contributed by atoms with Crippen LogP contribution in [0.1, 0.15) is 52.7 Å². The maximum Gasteiger partial charge on any atom is 3.00 e. The molecule has 0 radical (unpaired) electrons. The number of ether oxygens (including phenoxy) is 2. The van der Waals surface area contributed by atoms with Gasteiger partial charge in [0.25, 0.3) is 0 Å². The molecular weight excluding hydrogens is 950 g/mol. The van der Waals surface area contributed by atoms with Crippen LogP contribution in [0.15, 0.2) is 174 Å². The number of rotatable bonds is 8. The van der Waals surface area contributed by atoms with E-state index < -0.39 is 0 Å². The average molecular weight is 995 g/mol. The third-order valence-corrected chi connectivity index (χ3v) is 11.7. The van der Waals surface area contributed by atoms with Gasteiger partial charge in [-0.1, -0.05) is 138 Å². The van der Waals surface area contributed by atoms with Crippen LogP contribution in [0, 0.1) is 18.2 Å². The molecule has 0 aliphatic carbocycles. The zero-order chi connectivity index (χ0) is 41.4. The molecule has 0 fully saturated rings. The van der Waals surface area contributed by atoms with E-state index in [9.17, 15) is 0 Å². The van der Waals surface area contributed by atoms with E-state index in [0.29, 0.717) is 17.2 Å². The van der Waals surface area contributed by atoms with E-state index in [0.717, 1.165) is 56.5 Å². The molecule has 2 heterocycles. The quantitative estimate of drug-likeness (QED) is 0.112. The van der Waals surface area contributed by atoms with Crippen LogP contribution in [0.2, 0.25) is 0 Å². The predicted molar refractivity (Wildman–Crippen MR) is 246 cm³/mol. The Morgan fingerprint density at radius 1 is 0.525 bits per heavy atom. The molecule has 0 amide bonds. The van der Waals surface area contributed by atoms with Crippen LogP contribution in [-0.2, 0) is 33.2 Å². The first-order valence-electron chi connectivity index (χ1n) is 20.3. The van der Waals surface area contributed by atoms with Crippen molar-refractivity contribution in [2.45, 2.75) is 62.2 Å². The molecule has 0 saturated heterocycles. The maximum atomic E-state index is 6.43. The third-order valence-electron chi connectivity index (χ3n) is 10.6. The second kappa shape index (κ2) is 17.3. The Bertz CT molecular complexity index is 2670. The van der Waals surface area contributed by atoms with Crippen LogP contribution in [0.3, 0.4) is 0 Å². The Morgan fingerprint density at radius 2 is 1.13 bits per heavy atom. The number of fused-ring (bicyclic) bond motifs is 2. The SMILES string of the molecule is CC(C)(C)c1cc(-c2cc(-c3[c-]cc(N4c5ccccc5Sc5ccccc54)cc3)nc(-c3[c-]c(Oc4[c-]cccc4)cc(Oc4ccccc4)c3)c2)cc(C(C)(C)C)c1.[Au+3]. The van der Waals surface area contributed by atoms with Gasteiger partial charge in [-0.05, 0) is 86.6 Å². The molecule has 1 aromatic heterocycles. The van der Waals surface area contributed by atoms with Crippen molar-refractivity contribution in [3.8, 4) is 56.6 Å². The van der Waals surface area contributed by atoms with Gasteiger partial charge in [-0.3, -0.25) is 0 Å². The van der Waals surface area contributed by atoms with Crippen molar-refractivity contribution >= 4 is 28.8 Å². The summed E-state index contributed by atoms with van der Waals surface area (Å²) >= 11 is 1.80. The fourth-order valence-corrected chi connectivity index (χ4v) is 8.34. The number of hydrogen-bond donors (Lipinski definition) is 0. The van der Waals surface area contributed by atoms with Crippen LogP contribution >= 0.6 is 11.8 Å². The van der Waals surface area contributed by atoms with Crippen molar-refractivity contribution in [1.29, 1.82) is 0 Å². The smallest absolute Gasteiger partial charge is 0.503 e. The molecule has 4 nitrogen and oxygen atoms in total. The van der Waals surface area contributed by atoms with Crippen molar-refractivity contribution in [2.75, 3.05) is 4.90 Å². The second-order valence-electron chi connectivity index (χ2n) is 17.1. The van der Waals surface area contributed by atoms with Gasteiger partial charge < -0.3 is 19.4 Å². The Balaban J connectivity index is 0.00000514. The molecule has 1 aliphatic heterocycles. The fraction of sp³-hybridized carbons (Fsp3) is 0.145. The van der Waals surface area contributed by atoms with Crippen molar-refractivity contribution in [1.82, 2.24) is 4.98 Å². The van der Waals surface area contributed by atoms with E-state index in [1.807, 2.05) is 66.7 Å². The van der Waals surface area contributed by atoms with Gasteiger partial charge >= 0.3 is 22.4 Å². The van der Waals surface area contributed by atoms with Gasteiger partial charge in [0.05, 0.1) is 17.1 Å². The Hall–Kier alpha value is -5.82. The van der Waals surface area contributed by atoms with Crippen LogP contribution in [0.25, 0.3) is 33.6 Å². The largest absolute Gasteiger partial charge is 3.00 e. The molecule has 7 aromatic carbocycles. The van der Waals surface area contributed by atoms with Crippen molar-refractivity contribution in [3.63, 3.8) is 0 Å². The molecule has 8 aromatic rings. The number of aromatic nitrogens is 1. The molecule has 6 heteroatoms. The number of para-hydroxylation sites is 4.